The Morgan fingerprint density at radius 1 is 1.45 bits per heavy atom. The number of guanidine groups is 1. The van der Waals surface area contributed by atoms with Gasteiger partial charge in [0.1, 0.15) is 5.82 Å². The largest absolute Gasteiger partial charge is 0.352 e. The van der Waals surface area contributed by atoms with Crippen molar-refractivity contribution >= 4 is 5.96 Å². The fraction of sp³-hybridized carbons (Fsp3) is 0.529. The predicted molar refractivity (Wildman–Crippen MR) is 83.8 cm³/mol. The van der Waals surface area contributed by atoms with Gasteiger partial charge >= 0.3 is 0 Å². The summed E-state index contributed by atoms with van der Waals surface area (Å²) in [5.41, 5.74) is 1.41. The highest BCUT2D eigenvalue weighted by molar-refractivity contribution is 5.80. The molecule has 2 fully saturated rings. The highest BCUT2D eigenvalue weighted by Gasteiger charge is 2.43. The van der Waals surface area contributed by atoms with Crippen LogP contribution in [0, 0.1) is 22.6 Å². The first-order chi connectivity index (χ1) is 10.7. The van der Waals surface area contributed by atoms with Crippen molar-refractivity contribution in [3.05, 3.63) is 35.1 Å². The Balaban J connectivity index is 1.61. The molecule has 0 atom stereocenters. The van der Waals surface area contributed by atoms with Crippen molar-refractivity contribution in [2.75, 3.05) is 20.1 Å². The Labute approximate surface area is 130 Å². The second-order valence-electron chi connectivity index (χ2n) is 6.34. The number of nitrogens with one attached hydrogen (secondary N) is 1. The van der Waals surface area contributed by atoms with Crippen molar-refractivity contribution in [3.63, 3.8) is 0 Å². The molecule has 5 heteroatoms. The number of nitrogens with zero attached hydrogens (tertiary/aromatic N) is 3. The monoisotopic (exact) mass is 300 g/mol. The van der Waals surface area contributed by atoms with E-state index < -0.39 is 0 Å². The molecule has 1 aliphatic heterocycles. The number of hydrogen-bond acceptors (Lipinski definition) is 2. The average molecular weight is 300 g/mol. The van der Waals surface area contributed by atoms with Crippen LogP contribution in [0.3, 0.4) is 0 Å². The molecular weight excluding hydrogens is 279 g/mol. The molecule has 1 aromatic rings. The van der Waals surface area contributed by atoms with Gasteiger partial charge in [-0.15, -0.1) is 0 Å². The van der Waals surface area contributed by atoms with Gasteiger partial charge in [0.15, 0.2) is 5.96 Å². The Morgan fingerprint density at radius 3 is 2.82 bits per heavy atom. The van der Waals surface area contributed by atoms with Gasteiger partial charge in [-0.25, -0.2) is 4.39 Å². The first kappa shape index (κ1) is 14.8. The number of nitriles is 1. The fourth-order valence-corrected chi connectivity index (χ4v) is 3.47. The predicted octanol–water partition coefficient (Wildman–Crippen LogP) is 2.65. The molecule has 0 aromatic heterocycles. The molecule has 1 saturated carbocycles. The molecule has 3 rings (SSSR count). The van der Waals surface area contributed by atoms with Crippen LogP contribution in [0.25, 0.3) is 0 Å². The van der Waals surface area contributed by atoms with Crippen LogP contribution < -0.4 is 5.32 Å². The lowest BCUT2D eigenvalue weighted by Crippen LogP contribution is -2.42. The zero-order valence-corrected chi connectivity index (χ0v) is 12.9. The van der Waals surface area contributed by atoms with Crippen LogP contribution in [0.4, 0.5) is 4.39 Å². The zero-order valence-electron chi connectivity index (χ0n) is 12.9. The molecule has 1 aromatic carbocycles. The van der Waals surface area contributed by atoms with Crippen molar-refractivity contribution in [2.24, 2.45) is 10.4 Å². The summed E-state index contributed by atoms with van der Waals surface area (Å²) < 4.78 is 13.9. The number of halogens is 1. The second-order valence-corrected chi connectivity index (χ2v) is 6.34. The van der Waals surface area contributed by atoms with E-state index in [9.17, 15) is 4.39 Å². The van der Waals surface area contributed by atoms with Crippen LogP contribution in [0.5, 0.6) is 0 Å². The summed E-state index contributed by atoms with van der Waals surface area (Å²) in [6.45, 7) is 2.46. The number of benzene rings is 1. The molecule has 1 saturated heterocycles. The molecule has 0 bridgehead atoms. The van der Waals surface area contributed by atoms with Crippen LogP contribution in [-0.4, -0.2) is 31.0 Å². The van der Waals surface area contributed by atoms with Crippen molar-refractivity contribution in [1.29, 1.82) is 5.26 Å². The fourth-order valence-electron chi connectivity index (χ4n) is 3.47. The highest BCUT2D eigenvalue weighted by Crippen LogP contribution is 2.47. The molecule has 0 amide bonds. The summed E-state index contributed by atoms with van der Waals surface area (Å²) in [5.74, 6) is 0.492. The van der Waals surface area contributed by atoms with Crippen molar-refractivity contribution in [1.82, 2.24) is 10.2 Å². The van der Waals surface area contributed by atoms with Crippen LogP contribution in [0.15, 0.2) is 23.2 Å². The second kappa shape index (κ2) is 5.96. The normalized spacial score (nSPS) is 19.9. The molecule has 2 aliphatic rings. The Kier molecular flexibility index (Phi) is 4.02. The highest BCUT2D eigenvalue weighted by atomic mass is 19.1. The van der Waals surface area contributed by atoms with E-state index in [1.807, 2.05) is 6.07 Å². The molecule has 1 aliphatic carbocycles. The van der Waals surface area contributed by atoms with E-state index in [1.165, 1.54) is 31.7 Å². The molecule has 1 spiro atoms. The molecule has 0 radical (unpaired) electrons. The third-order valence-corrected chi connectivity index (χ3v) is 4.98. The van der Waals surface area contributed by atoms with Gasteiger partial charge in [0, 0.05) is 32.2 Å². The van der Waals surface area contributed by atoms with Gasteiger partial charge in [0.25, 0.3) is 0 Å². The maximum atomic E-state index is 13.9. The average Bonchev–Trinajstić information content (AvgIpc) is 2.95. The Morgan fingerprint density at radius 2 is 2.27 bits per heavy atom. The van der Waals surface area contributed by atoms with E-state index in [-0.39, 0.29) is 5.82 Å². The van der Waals surface area contributed by atoms with Gasteiger partial charge in [0.05, 0.1) is 11.6 Å². The van der Waals surface area contributed by atoms with E-state index >= 15 is 0 Å². The molecule has 0 unspecified atom stereocenters. The smallest absolute Gasteiger partial charge is 0.193 e. The van der Waals surface area contributed by atoms with Gasteiger partial charge in [-0.1, -0.05) is 12.5 Å². The van der Waals surface area contributed by atoms with Gasteiger partial charge in [-0.05, 0) is 36.8 Å². The minimum atomic E-state index is -0.348. The van der Waals surface area contributed by atoms with Crippen molar-refractivity contribution < 1.29 is 4.39 Å². The SMILES string of the molecule is CN=C(NCc1ccc(C#N)cc1F)N1CCC2(CCC2)C1. The van der Waals surface area contributed by atoms with E-state index in [0.717, 1.165) is 19.0 Å². The van der Waals surface area contributed by atoms with E-state index in [4.69, 9.17) is 5.26 Å². The maximum absolute atomic E-state index is 13.9. The topological polar surface area (TPSA) is 51.4 Å². The van der Waals surface area contributed by atoms with Gasteiger partial charge in [0.2, 0.25) is 0 Å². The number of hydrogen-bond donors (Lipinski definition) is 1. The minimum Gasteiger partial charge on any atom is -0.352 e. The third kappa shape index (κ3) is 2.78. The maximum Gasteiger partial charge on any atom is 0.193 e. The summed E-state index contributed by atoms with van der Waals surface area (Å²) in [5, 5.41) is 12.0. The van der Waals surface area contributed by atoms with Gasteiger partial charge in [-0.3, -0.25) is 4.99 Å². The van der Waals surface area contributed by atoms with E-state index in [2.05, 4.69) is 15.2 Å². The molecule has 4 nitrogen and oxygen atoms in total. The van der Waals surface area contributed by atoms with Crippen molar-refractivity contribution in [2.45, 2.75) is 32.2 Å². The Bertz CT molecular complexity index is 628. The third-order valence-electron chi connectivity index (χ3n) is 4.98. The van der Waals surface area contributed by atoms with Gasteiger partial charge in [-0.2, -0.15) is 5.26 Å². The zero-order chi connectivity index (χ0) is 15.6. The Hall–Kier alpha value is -2.09. The molecule has 1 heterocycles. The lowest BCUT2D eigenvalue weighted by atomic mass is 9.68. The van der Waals surface area contributed by atoms with Crippen LogP contribution in [-0.2, 0) is 6.54 Å². The van der Waals surface area contributed by atoms with Crippen molar-refractivity contribution in [3.8, 4) is 6.07 Å². The summed E-state index contributed by atoms with van der Waals surface area (Å²) in [6, 6.07) is 6.52. The summed E-state index contributed by atoms with van der Waals surface area (Å²) >= 11 is 0. The quantitative estimate of drug-likeness (QED) is 0.675. The van der Waals surface area contributed by atoms with Crippen LogP contribution in [0.2, 0.25) is 0 Å². The lowest BCUT2D eigenvalue weighted by molar-refractivity contribution is 0.151. The molecule has 22 heavy (non-hydrogen) atoms. The summed E-state index contributed by atoms with van der Waals surface area (Å²) in [4.78, 5) is 6.61. The molecule has 1 N–H and O–H groups in total. The number of aliphatic imine (C=N–C) groups is 1. The number of likely N-dealkylation sites (tertiary alicyclic amines) is 1. The first-order valence-corrected chi connectivity index (χ1v) is 7.80. The summed E-state index contributed by atoms with van der Waals surface area (Å²) in [6.07, 6.45) is 5.23. The van der Waals surface area contributed by atoms with Gasteiger partial charge < -0.3 is 10.2 Å². The standard InChI is InChI=1S/C17H21FN4/c1-20-16(22-8-7-17(12-22)5-2-6-17)21-11-14-4-3-13(10-19)9-15(14)18/h3-4,9H,2,5-8,11-12H2,1H3,(H,20,21). The molecular formula is C17H21FN4. The minimum absolute atomic E-state index is 0.345. The molecule has 116 valence electrons. The van der Waals surface area contributed by atoms with E-state index in [1.54, 1.807) is 19.2 Å². The lowest BCUT2D eigenvalue weighted by Gasteiger charge is -2.38. The number of rotatable bonds is 2. The van der Waals surface area contributed by atoms with E-state index in [0.29, 0.717) is 23.1 Å². The first-order valence-electron chi connectivity index (χ1n) is 7.80. The van der Waals surface area contributed by atoms with Crippen LogP contribution >= 0.6 is 0 Å². The summed E-state index contributed by atoms with van der Waals surface area (Å²) in [7, 11) is 1.77. The van der Waals surface area contributed by atoms with Crippen LogP contribution in [0.1, 0.15) is 36.8 Å².